The van der Waals surface area contributed by atoms with E-state index in [-0.39, 0.29) is 57.0 Å². The second-order valence-corrected chi connectivity index (χ2v) is 36.3. The van der Waals surface area contributed by atoms with Crippen LogP contribution in [0.5, 0.6) is 28.7 Å². The number of likely N-dealkylation sites (N-methyl/N-ethyl adjacent to an activating group) is 1. The largest absolute Gasteiger partial charge is 0.496 e. The number of Topliss-reactive ketones (excluding diaryl/α,β-unsaturated/α-hetero) is 2. The van der Waals surface area contributed by atoms with Crippen LogP contribution >= 0.6 is 0 Å². The van der Waals surface area contributed by atoms with Crippen molar-refractivity contribution in [2.75, 3.05) is 93.4 Å². The lowest BCUT2D eigenvalue weighted by Gasteiger charge is -2.22. The zero-order chi connectivity index (χ0) is 94.9. The molecule has 0 heterocycles. The van der Waals surface area contributed by atoms with Crippen molar-refractivity contribution in [3.05, 3.63) is 100 Å². The minimum absolute atomic E-state index is 0.0811. The number of amides is 8. The van der Waals surface area contributed by atoms with Gasteiger partial charge in [0.1, 0.15) is 74.5 Å². The molecule has 12 N–H and O–H groups in total. The van der Waals surface area contributed by atoms with Crippen LogP contribution in [0.3, 0.4) is 0 Å². The van der Waals surface area contributed by atoms with Gasteiger partial charge in [-0.1, -0.05) is 84.3 Å². The quantitative estimate of drug-likeness (QED) is 0.00825. The number of carbonyl (C=O) groups excluding carboxylic acids is 10. The van der Waals surface area contributed by atoms with Gasteiger partial charge in [-0.15, -0.1) is 0 Å². The zero-order valence-corrected chi connectivity index (χ0v) is 79.7. The molecule has 3 aromatic rings. The van der Waals surface area contributed by atoms with Crippen LogP contribution in [-0.4, -0.2) is 192 Å². The number of amidine groups is 2. The van der Waals surface area contributed by atoms with Crippen molar-refractivity contribution < 1.29 is 90.6 Å². The van der Waals surface area contributed by atoms with Crippen molar-refractivity contribution in [2.24, 2.45) is 33.3 Å². The number of hydrogen-bond donors (Lipinski definition) is 10. The molecule has 127 heavy (non-hydrogen) atoms. The number of ketones is 2. The number of alkyl carbamates (subject to hydrolysis) is 4. The van der Waals surface area contributed by atoms with E-state index in [2.05, 4.69) is 65.7 Å². The Bertz CT molecular complexity index is 4080. The third-order valence-corrected chi connectivity index (χ3v) is 19.4. The molecule has 32 heteroatoms. The van der Waals surface area contributed by atoms with E-state index in [9.17, 15) is 47.9 Å². The Balaban J connectivity index is 0.000000513. The first-order valence-corrected chi connectivity index (χ1v) is 45.1. The third-order valence-electron chi connectivity index (χ3n) is 19.4. The summed E-state index contributed by atoms with van der Waals surface area (Å²) in [4.78, 5) is 135. The molecule has 0 bridgehead atoms. The number of primary amides is 2. The summed E-state index contributed by atoms with van der Waals surface area (Å²) in [6.07, 6.45) is 20.8. The number of benzene rings is 3. The SMILES string of the molecule is C=C(NCCCCCOc1cc(OCCCCCNC(=C)NC(=O)OC(C)(C)C)c(C(=O)NCCN(C)C)cc1C(N)=O)NC(=O)OC(C)(C)C.CCCNC(=O)c1cc(C(N)=O)c(OCCCCCN=C(C)NC(=O)OC(C)(C)C)cc1OCCCCCN=C(C)NC(=O)OC(C)(C)C.COc1cc(C)c(C(=O)CC2CCCCC2)cc1C(=O)CC1CCCCC1. The molecule has 8 amide bonds. The molecular weight excluding hydrogens is 1630 g/mol. The first-order valence-electron chi connectivity index (χ1n) is 45.1. The summed E-state index contributed by atoms with van der Waals surface area (Å²) < 4.78 is 50.3. The van der Waals surface area contributed by atoms with E-state index in [1.54, 1.807) is 116 Å². The molecule has 0 unspecified atom stereocenters. The number of aliphatic imine (C=N–C) groups is 2. The Kier molecular flexibility index (Phi) is 50.4. The van der Waals surface area contributed by atoms with Gasteiger partial charge in [0.15, 0.2) is 11.6 Å². The van der Waals surface area contributed by atoms with E-state index in [4.69, 9.17) is 54.1 Å². The second kappa shape index (κ2) is 57.9. The molecule has 3 aromatic carbocycles. The van der Waals surface area contributed by atoms with Gasteiger partial charge in [-0.3, -0.25) is 60.0 Å². The van der Waals surface area contributed by atoms with Gasteiger partial charge in [0.05, 0.1) is 61.4 Å². The number of carbonyl (C=O) groups is 10. The summed E-state index contributed by atoms with van der Waals surface area (Å²) in [7, 11) is 5.41. The molecule has 0 spiro atoms. The number of ether oxygens (including phenoxy) is 9. The molecule has 2 saturated carbocycles. The van der Waals surface area contributed by atoms with Crippen LogP contribution in [0.2, 0.25) is 0 Å². The Hall–Kier alpha value is -10.7. The molecular formula is C95H153N13O19. The van der Waals surface area contributed by atoms with E-state index in [1.165, 1.54) is 50.7 Å². The average Bonchev–Trinajstić information content (AvgIpc) is 0.815. The number of nitrogens with two attached hydrogens (primary N) is 2. The highest BCUT2D eigenvalue weighted by atomic mass is 16.6. The Labute approximate surface area is 755 Å². The number of unbranched alkanes of at least 4 members (excludes halogenated alkanes) is 8. The highest BCUT2D eigenvalue weighted by Crippen LogP contribution is 2.36. The van der Waals surface area contributed by atoms with Crippen LogP contribution in [-0.2, 0) is 18.9 Å². The molecule has 32 nitrogen and oxygen atoms in total. The maximum Gasteiger partial charge on any atom is 0.413 e. The number of nitrogens with zero attached hydrogens (tertiary/aromatic N) is 3. The number of hydrogen-bond acceptors (Lipinski definition) is 24. The Morgan fingerprint density at radius 1 is 0.409 bits per heavy atom. The standard InChI is InChI=1S/C36H61N7O8.C35H58N6O8.C24H34O3/c1-25(41-33(46)50-35(3,4)5)38-17-13-11-15-21-48-29-24-30(28(23-27(29)31(37)44)32(45)40-19-20-43(9)10)49-22-16-12-14-18-39-26(2)42-34(47)51-36(6,7)8;1-10-17-39-31(43)27-22-26(30(36)42)28(46-20-15-11-13-18-37-24(2)40-32(44)48-34(4,5)6)23-29(27)47-21-16-12-14-19-38-25(3)41-33(45)49-35(7,8)9;1-17-13-24(27-2)21(23(26)15-19-11-7-4-8-12-19)16-20(17)22(25)14-18-9-5-3-6-10-18/h23-24,38-39H,1-2,11-22H2,3-10H3,(H2,37,44)(H,40,45)(H,41,46)(H,42,47);22-23H,10-21H2,1-9H3,(H2,36,42)(H,39,43)(H,37,40,44)(H,38,41,45);13,16,18-19H,3-12,14-15H2,1-2H3. The normalized spacial score (nSPS) is 13.3. The fourth-order valence-corrected chi connectivity index (χ4v) is 13.3. The van der Waals surface area contributed by atoms with Gasteiger partial charge in [0.25, 0.3) is 23.6 Å². The lowest BCUT2D eigenvalue weighted by atomic mass is 9.83. The summed E-state index contributed by atoms with van der Waals surface area (Å²) in [5, 5.41) is 22.1. The van der Waals surface area contributed by atoms with Crippen LogP contribution in [0.25, 0.3) is 0 Å². The fourth-order valence-electron chi connectivity index (χ4n) is 13.3. The Morgan fingerprint density at radius 3 is 1.08 bits per heavy atom. The summed E-state index contributed by atoms with van der Waals surface area (Å²) in [5.41, 5.74) is 11.8. The maximum absolute atomic E-state index is 13.2. The van der Waals surface area contributed by atoms with Gasteiger partial charge in [0.2, 0.25) is 0 Å². The second-order valence-electron chi connectivity index (χ2n) is 36.3. The molecule has 5 rings (SSSR count). The monoisotopic (exact) mass is 1780 g/mol. The third kappa shape index (κ3) is 49.3. The van der Waals surface area contributed by atoms with Crippen molar-refractivity contribution >= 4 is 71.2 Å². The molecule has 0 aromatic heterocycles. The first-order chi connectivity index (χ1) is 59.8. The van der Waals surface area contributed by atoms with E-state index in [0.717, 1.165) is 89.0 Å². The van der Waals surface area contributed by atoms with Crippen LogP contribution in [0.1, 0.15) is 332 Å². The lowest BCUT2D eigenvalue weighted by molar-refractivity contribution is 0.0530. The molecule has 2 aliphatic rings. The van der Waals surface area contributed by atoms with E-state index >= 15 is 0 Å². The Morgan fingerprint density at radius 2 is 0.740 bits per heavy atom. The molecule has 0 saturated heterocycles. The van der Waals surface area contributed by atoms with Gasteiger partial charge in [-0.25, -0.2) is 19.2 Å². The fraction of sp³-hybridized carbons (Fsp3) is 0.642. The predicted octanol–water partition coefficient (Wildman–Crippen LogP) is 16.6. The molecule has 0 aliphatic heterocycles. The minimum Gasteiger partial charge on any atom is -0.496 e. The minimum atomic E-state index is -0.727. The number of aryl methyl sites for hydroxylation is 1. The molecule has 0 radical (unpaired) electrons. The van der Waals surface area contributed by atoms with Crippen LogP contribution in [0.15, 0.2) is 71.2 Å². The predicted molar refractivity (Wildman–Crippen MR) is 497 cm³/mol. The topological polar surface area (TPSA) is 430 Å². The highest BCUT2D eigenvalue weighted by Gasteiger charge is 2.28. The zero-order valence-electron chi connectivity index (χ0n) is 79.7. The summed E-state index contributed by atoms with van der Waals surface area (Å²) in [6, 6.07) is 9.63. The van der Waals surface area contributed by atoms with Crippen LogP contribution < -0.4 is 77.7 Å². The van der Waals surface area contributed by atoms with Crippen molar-refractivity contribution in [3.63, 3.8) is 0 Å². The van der Waals surface area contributed by atoms with Gasteiger partial charge < -0.3 is 80.3 Å². The van der Waals surface area contributed by atoms with Gasteiger partial charge in [-0.05, 0) is 243 Å². The lowest BCUT2D eigenvalue weighted by Crippen LogP contribution is -2.36. The number of methoxy groups -OCH3 is 1. The van der Waals surface area contributed by atoms with E-state index in [0.29, 0.717) is 169 Å². The van der Waals surface area contributed by atoms with Crippen molar-refractivity contribution in [1.29, 1.82) is 0 Å². The van der Waals surface area contributed by atoms with Gasteiger partial charge in [0, 0.05) is 76.4 Å². The van der Waals surface area contributed by atoms with E-state index in [1.807, 2.05) is 45.0 Å². The summed E-state index contributed by atoms with van der Waals surface area (Å²) in [6.45, 7) is 41.2. The van der Waals surface area contributed by atoms with Crippen LogP contribution in [0, 0.1) is 18.8 Å². The molecule has 2 aliphatic carbocycles. The van der Waals surface area contributed by atoms with Crippen LogP contribution in [0.4, 0.5) is 19.2 Å². The van der Waals surface area contributed by atoms with Crippen molar-refractivity contribution in [2.45, 2.75) is 294 Å². The first kappa shape index (κ1) is 111. The molecule has 0 atom stereocenters. The average molecular weight is 1780 g/mol. The van der Waals surface area contributed by atoms with Gasteiger partial charge in [-0.2, -0.15) is 0 Å². The van der Waals surface area contributed by atoms with E-state index < -0.39 is 64.5 Å². The summed E-state index contributed by atoms with van der Waals surface area (Å²) >= 11 is 0. The smallest absolute Gasteiger partial charge is 0.413 e. The number of nitrogens with one attached hydrogen (secondary N) is 8. The number of rotatable bonds is 48. The highest BCUT2D eigenvalue weighted by molar-refractivity contribution is 6.05. The summed E-state index contributed by atoms with van der Waals surface area (Å²) in [5.74, 6) is 2.42. The maximum atomic E-state index is 13.2. The van der Waals surface area contributed by atoms with Gasteiger partial charge >= 0.3 is 24.4 Å². The molecule has 2 fully saturated rings. The molecule has 712 valence electrons. The van der Waals surface area contributed by atoms with Crippen molar-refractivity contribution in [1.82, 2.24) is 47.4 Å². The van der Waals surface area contributed by atoms with Crippen molar-refractivity contribution in [3.8, 4) is 28.7 Å².